The standard InChI is InChI=1S/C24H26N4O3/c1-29-21-7-3-6-20(23(21)30-2)18-8-9-22-25-24(26-28(22)15-18)19-5-4-11-27(14-19)13-17-10-12-31-16-17/h3,6-10,12,15-16,19H,4-5,11,13-14H2,1-2H3/t19-/m0/s1. The van der Waals surface area contributed by atoms with Crippen LogP contribution in [0.3, 0.4) is 0 Å². The number of aromatic nitrogens is 3. The van der Waals surface area contributed by atoms with E-state index in [9.17, 15) is 0 Å². The van der Waals surface area contributed by atoms with Crippen LogP contribution in [0.15, 0.2) is 59.5 Å². The fourth-order valence-electron chi connectivity index (χ4n) is 4.40. The smallest absolute Gasteiger partial charge is 0.168 e. The van der Waals surface area contributed by atoms with E-state index >= 15 is 0 Å². The third-order valence-electron chi connectivity index (χ3n) is 5.92. The summed E-state index contributed by atoms with van der Waals surface area (Å²) in [5.41, 5.74) is 4.03. The number of piperidine rings is 1. The van der Waals surface area contributed by atoms with Crippen LogP contribution in [0, 0.1) is 0 Å². The maximum absolute atomic E-state index is 5.61. The molecule has 3 aromatic heterocycles. The lowest BCUT2D eigenvalue weighted by atomic mass is 9.97. The predicted octanol–water partition coefficient (Wildman–Crippen LogP) is 4.39. The first-order valence-electron chi connectivity index (χ1n) is 10.6. The summed E-state index contributed by atoms with van der Waals surface area (Å²) < 4.78 is 18.1. The van der Waals surface area contributed by atoms with Gasteiger partial charge in [0.15, 0.2) is 23.0 Å². The first-order chi connectivity index (χ1) is 15.2. The van der Waals surface area contributed by atoms with Gasteiger partial charge in [-0.05, 0) is 43.7 Å². The van der Waals surface area contributed by atoms with E-state index in [0.717, 1.165) is 55.1 Å². The number of hydrogen-bond acceptors (Lipinski definition) is 6. The minimum Gasteiger partial charge on any atom is -0.493 e. The minimum atomic E-state index is 0.329. The number of nitrogens with zero attached hydrogens (tertiary/aromatic N) is 4. The van der Waals surface area contributed by atoms with Crippen molar-refractivity contribution in [2.75, 3.05) is 27.3 Å². The molecule has 0 amide bonds. The summed E-state index contributed by atoms with van der Waals surface area (Å²) in [5.74, 6) is 2.66. The van der Waals surface area contributed by atoms with E-state index in [1.807, 2.05) is 47.3 Å². The van der Waals surface area contributed by atoms with Gasteiger partial charge in [-0.15, -0.1) is 0 Å². The van der Waals surface area contributed by atoms with Crippen LogP contribution in [0.1, 0.15) is 30.1 Å². The van der Waals surface area contributed by atoms with E-state index in [-0.39, 0.29) is 0 Å². The fraction of sp³-hybridized carbons (Fsp3) is 0.333. The largest absolute Gasteiger partial charge is 0.493 e. The molecule has 0 spiro atoms. The number of furan rings is 1. The van der Waals surface area contributed by atoms with Gasteiger partial charge in [-0.2, -0.15) is 5.10 Å². The van der Waals surface area contributed by atoms with E-state index in [2.05, 4.69) is 11.0 Å². The number of hydrogen-bond donors (Lipinski definition) is 0. The topological polar surface area (TPSA) is 65.0 Å². The van der Waals surface area contributed by atoms with E-state index in [4.69, 9.17) is 24.0 Å². The van der Waals surface area contributed by atoms with Crippen molar-refractivity contribution in [1.29, 1.82) is 0 Å². The molecule has 7 heteroatoms. The van der Waals surface area contributed by atoms with Crippen LogP contribution in [-0.4, -0.2) is 46.8 Å². The Morgan fingerprint density at radius 3 is 2.87 bits per heavy atom. The second-order valence-corrected chi connectivity index (χ2v) is 7.94. The summed E-state index contributed by atoms with van der Waals surface area (Å²) in [6, 6.07) is 12.0. The first-order valence-corrected chi connectivity index (χ1v) is 10.6. The van der Waals surface area contributed by atoms with Gasteiger partial charge >= 0.3 is 0 Å². The number of likely N-dealkylation sites (tertiary alicyclic amines) is 1. The Hall–Kier alpha value is -3.32. The van der Waals surface area contributed by atoms with Gasteiger partial charge in [0.05, 0.1) is 26.7 Å². The Morgan fingerprint density at radius 2 is 2.06 bits per heavy atom. The summed E-state index contributed by atoms with van der Waals surface area (Å²) in [4.78, 5) is 7.29. The number of methoxy groups -OCH3 is 2. The highest BCUT2D eigenvalue weighted by molar-refractivity contribution is 5.74. The van der Waals surface area contributed by atoms with Gasteiger partial charge in [-0.1, -0.05) is 12.1 Å². The number of fused-ring (bicyclic) bond motifs is 1. The molecule has 1 aliphatic rings. The molecule has 0 unspecified atom stereocenters. The average molecular weight is 418 g/mol. The van der Waals surface area contributed by atoms with Crippen molar-refractivity contribution in [3.05, 3.63) is 66.5 Å². The number of para-hydroxylation sites is 1. The zero-order valence-electron chi connectivity index (χ0n) is 17.8. The van der Waals surface area contributed by atoms with Crippen molar-refractivity contribution in [3.8, 4) is 22.6 Å². The second kappa shape index (κ2) is 8.43. The van der Waals surface area contributed by atoms with Crippen LogP contribution in [-0.2, 0) is 6.54 Å². The number of pyridine rings is 1. The van der Waals surface area contributed by atoms with Gasteiger partial charge in [0.2, 0.25) is 0 Å². The molecule has 160 valence electrons. The Bertz CT molecular complexity index is 1170. The molecule has 1 fully saturated rings. The predicted molar refractivity (Wildman–Crippen MR) is 117 cm³/mol. The Kier molecular flexibility index (Phi) is 5.34. The molecule has 1 saturated heterocycles. The van der Waals surface area contributed by atoms with Crippen molar-refractivity contribution in [2.45, 2.75) is 25.3 Å². The summed E-state index contributed by atoms with van der Waals surface area (Å²) in [5, 5.41) is 4.84. The van der Waals surface area contributed by atoms with E-state index in [1.165, 1.54) is 5.56 Å². The molecule has 0 N–H and O–H groups in total. The van der Waals surface area contributed by atoms with Crippen LogP contribution >= 0.6 is 0 Å². The maximum atomic E-state index is 5.61. The highest BCUT2D eigenvalue weighted by Crippen LogP contribution is 2.37. The van der Waals surface area contributed by atoms with Crippen LogP contribution < -0.4 is 9.47 Å². The van der Waals surface area contributed by atoms with Crippen molar-refractivity contribution in [1.82, 2.24) is 19.5 Å². The molecule has 0 radical (unpaired) electrons. The summed E-state index contributed by atoms with van der Waals surface area (Å²) >= 11 is 0. The van der Waals surface area contributed by atoms with Gasteiger partial charge in [-0.3, -0.25) is 4.90 Å². The van der Waals surface area contributed by atoms with E-state index < -0.39 is 0 Å². The molecule has 4 heterocycles. The number of rotatable bonds is 6. The molecule has 0 saturated carbocycles. The van der Waals surface area contributed by atoms with Crippen molar-refractivity contribution in [2.24, 2.45) is 0 Å². The lowest BCUT2D eigenvalue weighted by molar-refractivity contribution is 0.196. The normalized spacial score (nSPS) is 17.2. The molecule has 5 rings (SSSR count). The van der Waals surface area contributed by atoms with Crippen molar-refractivity contribution in [3.63, 3.8) is 0 Å². The van der Waals surface area contributed by atoms with Crippen molar-refractivity contribution < 1.29 is 13.9 Å². The second-order valence-electron chi connectivity index (χ2n) is 7.94. The minimum absolute atomic E-state index is 0.329. The van der Waals surface area contributed by atoms with Gasteiger partial charge in [0.25, 0.3) is 0 Å². The molecule has 4 aromatic rings. The van der Waals surface area contributed by atoms with Gasteiger partial charge in [0.1, 0.15) is 0 Å². The lowest BCUT2D eigenvalue weighted by Crippen LogP contribution is -2.34. The third-order valence-corrected chi connectivity index (χ3v) is 5.92. The van der Waals surface area contributed by atoms with Crippen LogP contribution in [0.2, 0.25) is 0 Å². The van der Waals surface area contributed by atoms with Crippen molar-refractivity contribution >= 4 is 5.65 Å². The molecule has 1 atom stereocenters. The zero-order chi connectivity index (χ0) is 21.2. The van der Waals surface area contributed by atoms with Crippen LogP contribution in [0.5, 0.6) is 11.5 Å². The summed E-state index contributed by atoms with van der Waals surface area (Å²) in [6.07, 6.45) is 7.81. The number of ether oxygens (including phenoxy) is 2. The maximum Gasteiger partial charge on any atom is 0.168 e. The van der Waals surface area contributed by atoms with Gasteiger partial charge < -0.3 is 13.9 Å². The van der Waals surface area contributed by atoms with Crippen LogP contribution in [0.4, 0.5) is 0 Å². The molecule has 31 heavy (non-hydrogen) atoms. The summed E-state index contributed by atoms with van der Waals surface area (Å²) in [7, 11) is 3.31. The van der Waals surface area contributed by atoms with Gasteiger partial charge in [0, 0.05) is 41.9 Å². The Morgan fingerprint density at radius 1 is 1.13 bits per heavy atom. The summed E-state index contributed by atoms with van der Waals surface area (Å²) in [6.45, 7) is 2.95. The molecule has 0 aliphatic carbocycles. The highest BCUT2D eigenvalue weighted by atomic mass is 16.5. The quantitative estimate of drug-likeness (QED) is 0.463. The molecule has 7 nitrogen and oxygen atoms in total. The molecular weight excluding hydrogens is 392 g/mol. The highest BCUT2D eigenvalue weighted by Gasteiger charge is 2.25. The van der Waals surface area contributed by atoms with E-state index in [0.29, 0.717) is 17.4 Å². The molecule has 1 aliphatic heterocycles. The zero-order valence-corrected chi connectivity index (χ0v) is 17.8. The third kappa shape index (κ3) is 3.88. The average Bonchev–Trinajstić information content (AvgIpc) is 3.47. The molecular formula is C24H26N4O3. The Labute approximate surface area is 181 Å². The van der Waals surface area contributed by atoms with Crippen LogP contribution in [0.25, 0.3) is 16.8 Å². The lowest BCUT2D eigenvalue weighted by Gasteiger charge is -2.30. The Balaban J connectivity index is 1.41. The SMILES string of the molecule is COc1cccc(-c2ccc3nc([C@H]4CCCN(Cc5ccoc5)C4)nn3c2)c1OC. The molecule has 0 bridgehead atoms. The fourth-order valence-corrected chi connectivity index (χ4v) is 4.40. The monoisotopic (exact) mass is 418 g/mol. The van der Waals surface area contributed by atoms with E-state index in [1.54, 1.807) is 20.5 Å². The molecule has 1 aromatic carbocycles. The van der Waals surface area contributed by atoms with Gasteiger partial charge in [-0.25, -0.2) is 9.50 Å². The first kappa shape index (κ1) is 19.6. The number of benzene rings is 1.